The maximum Gasteiger partial charge on any atom is 0.160 e. The van der Waals surface area contributed by atoms with Crippen LogP contribution in [0.4, 0.5) is 0 Å². The molecule has 0 amide bonds. The molecule has 2 aliphatic rings. The van der Waals surface area contributed by atoms with E-state index in [4.69, 9.17) is 23.8 Å². The van der Waals surface area contributed by atoms with Gasteiger partial charge in [-0.3, -0.25) is 4.90 Å². The minimum Gasteiger partial charge on any atom is -0.493 e. The Balaban J connectivity index is 1.62. The fraction of sp³-hybridized carbons (Fsp3) is 0.700. The molecule has 1 aromatic rings. The highest BCUT2D eigenvalue weighted by atomic mass is 16.5. The molecular weight excluding hydrogens is 318 g/mol. The van der Waals surface area contributed by atoms with E-state index in [0.29, 0.717) is 32.5 Å². The number of nitrogens with zero attached hydrogens (tertiary/aromatic N) is 1. The van der Waals surface area contributed by atoms with Crippen molar-refractivity contribution < 1.29 is 28.9 Å². The van der Waals surface area contributed by atoms with Gasteiger partial charge < -0.3 is 19.3 Å². The highest BCUT2D eigenvalue weighted by Crippen LogP contribution is 2.30. The molecule has 1 saturated carbocycles. The lowest BCUT2D eigenvalue weighted by Crippen LogP contribution is -2.46. The standard InChI is InChI=1S/C20H31NO4/c1-23-19-8-7-15(13-20(19)24-2)10-12-25-18-6-4-3-5-17(18)21-11-9-16(22)14-21/h7-8,13,16-18,22H,3-6,9-12,14H2,1-2H3/t16?,17-,18-/m1/s1/i1D3,2D3,16D. The van der Waals surface area contributed by atoms with Gasteiger partial charge in [-0.15, -0.1) is 0 Å². The van der Waals surface area contributed by atoms with Gasteiger partial charge in [0.15, 0.2) is 11.5 Å². The summed E-state index contributed by atoms with van der Waals surface area (Å²) in [6, 6.07) is 4.70. The molecule has 5 heteroatoms. The Bertz CT molecular complexity index is 769. The van der Waals surface area contributed by atoms with Crippen molar-refractivity contribution in [3.63, 3.8) is 0 Å². The van der Waals surface area contributed by atoms with E-state index in [1.165, 1.54) is 12.1 Å². The second-order valence-electron chi connectivity index (χ2n) is 6.78. The van der Waals surface area contributed by atoms with Crippen molar-refractivity contribution in [2.75, 3.05) is 33.8 Å². The number of ether oxygens (including phenoxy) is 3. The fourth-order valence-corrected chi connectivity index (χ4v) is 3.84. The number of β-amino-alcohol motifs (C(OH)–C–C–N with tert-alkyl or cyclic N) is 1. The second kappa shape index (κ2) is 8.88. The van der Waals surface area contributed by atoms with Crippen molar-refractivity contribution in [1.29, 1.82) is 0 Å². The molecule has 2 fully saturated rings. The summed E-state index contributed by atoms with van der Waals surface area (Å²) in [6.07, 6.45) is 3.59. The highest BCUT2D eigenvalue weighted by Gasteiger charge is 2.34. The summed E-state index contributed by atoms with van der Waals surface area (Å²) in [5, 5.41) is 9.99. The summed E-state index contributed by atoms with van der Waals surface area (Å²) in [6.45, 7) is 1.41. The van der Waals surface area contributed by atoms with Gasteiger partial charge in [0.2, 0.25) is 0 Å². The van der Waals surface area contributed by atoms with Crippen molar-refractivity contribution in [1.82, 2.24) is 4.90 Å². The van der Waals surface area contributed by atoms with Crippen LogP contribution in [0.2, 0.25) is 0 Å². The lowest BCUT2D eigenvalue weighted by molar-refractivity contribution is -0.0316. The van der Waals surface area contributed by atoms with Gasteiger partial charge in [-0.25, -0.2) is 0 Å². The first-order valence-electron chi connectivity index (χ1n) is 12.4. The average molecular weight is 357 g/mol. The molecule has 1 heterocycles. The van der Waals surface area contributed by atoms with Crippen LogP contribution in [0, 0.1) is 0 Å². The Morgan fingerprint density at radius 3 is 2.84 bits per heavy atom. The van der Waals surface area contributed by atoms with E-state index in [-0.39, 0.29) is 23.6 Å². The Hall–Kier alpha value is -1.30. The van der Waals surface area contributed by atoms with E-state index in [9.17, 15) is 5.11 Å². The van der Waals surface area contributed by atoms with Crippen molar-refractivity contribution in [3.8, 4) is 11.5 Å². The van der Waals surface area contributed by atoms with Gasteiger partial charge in [0.25, 0.3) is 0 Å². The topological polar surface area (TPSA) is 51.2 Å². The first-order valence-corrected chi connectivity index (χ1v) is 8.90. The minimum atomic E-state index is -2.74. The Labute approximate surface area is 160 Å². The van der Waals surface area contributed by atoms with Gasteiger partial charge in [0, 0.05) is 19.1 Å². The molecule has 1 saturated heterocycles. The Morgan fingerprint density at radius 1 is 1.20 bits per heavy atom. The number of methoxy groups -OCH3 is 2. The molecule has 3 rings (SSSR count). The summed E-state index contributed by atoms with van der Waals surface area (Å²) in [7, 11) is -5.47. The monoisotopic (exact) mass is 356 g/mol. The first kappa shape index (κ1) is 11.4. The molecule has 3 atom stereocenters. The second-order valence-corrected chi connectivity index (χ2v) is 6.78. The zero-order chi connectivity index (χ0) is 23.6. The third-order valence-electron chi connectivity index (χ3n) is 5.16. The van der Waals surface area contributed by atoms with Gasteiger partial charge in [-0.05, 0) is 43.4 Å². The minimum absolute atomic E-state index is 0.00825. The van der Waals surface area contributed by atoms with Crippen molar-refractivity contribution in [3.05, 3.63) is 23.8 Å². The zero-order valence-corrected chi connectivity index (χ0v) is 14.4. The quantitative estimate of drug-likeness (QED) is 0.814. The van der Waals surface area contributed by atoms with Crippen LogP contribution >= 0.6 is 0 Å². The maximum absolute atomic E-state index is 9.99. The largest absolute Gasteiger partial charge is 0.493 e. The first-order chi connectivity index (χ1) is 14.8. The number of hydrogen-bond donors (Lipinski definition) is 1. The molecule has 1 aromatic carbocycles. The maximum atomic E-state index is 9.99. The Kier molecular flexibility index (Phi) is 4.06. The number of benzene rings is 1. The summed E-state index contributed by atoms with van der Waals surface area (Å²) >= 11 is 0. The van der Waals surface area contributed by atoms with E-state index >= 15 is 0 Å². The molecule has 140 valence electrons. The van der Waals surface area contributed by atoms with Gasteiger partial charge in [0.1, 0.15) is 0 Å². The summed E-state index contributed by atoms with van der Waals surface area (Å²) in [5.74, 6) is -0.309. The van der Waals surface area contributed by atoms with Crippen molar-refractivity contribution in [2.45, 2.75) is 56.8 Å². The van der Waals surface area contributed by atoms with Crippen LogP contribution in [0.25, 0.3) is 0 Å². The molecule has 1 aliphatic carbocycles. The van der Waals surface area contributed by atoms with Gasteiger partial charge in [0.05, 0.1) is 42.5 Å². The highest BCUT2D eigenvalue weighted by molar-refractivity contribution is 5.42. The van der Waals surface area contributed by atoms with Crippen LogP contribution in [0.5, 0.6) is 11.5 Å². The molecule has 0 aromatic heterocycles. The van der Waals surface area contributed by atoms with E-state index in [1.54, 1.807) is 6.07 Å². The average Bonchev–Trinajstić information content (AvgIpc) is 3.01. The molecule has 1 N–H and O–H groups in total. The third-order valence-corrected chi connectivity index (χ3v) is 5.16. The molecule has 5 nitrogen and oxygen atoms in total. The van der Waals surface area contributed by atoms with E-state index in [0.717, 1.165) is 31.2 Å². The number of rotatable bonds is 7. The predicted molar refractivity (Wildman–Crippen MR) is 97.4 cm³/mol. The summed E-state index contributed by atoms with van der Waals surface area (Å²) in [4.78, 5) is 2.15. The lowest BCUT2D eigenvalue weighted by Gasteiger charge is -2.37. The van der Waals surface area contributed by atoms with Crippen molar-refractivity contribution >= 4 is 0 Å². The number of likely N-dealkylation sites (tertiary alicyclic amines) is 1. The zero-order valence-electron chi connectivity index (χ0n) is 21.4. The van der Waals surface area contributed by atoms with E-state index in [2.05, 4.69) is 4.90 Å². The van der Waals surface area contributed by atoms with Gasteiger partial charge in [-0.2, -0.15) is 0 Å². The van der Waals surface area contributed by atoms with Crippen LogP contribution in [0.15, 0.2) is 18.2 Å². The van der Waals surface area contributed by atoms with Gasteiger partial charge in [-0.1, -0.05) is 18.9 Å². The summed E-state index contributed by atoms with van der Waals surface area (Å²) < 4.78 is 67.6. The normalized spacial score (nSPS) is 35.5. The predicted octanol–water partition coefficient (Wildman–Crippen LogP) is 2.64. The molecule has 0 bridgehead atoms. The van der Waals surface area contributed by atoms with Gasteiger partial charge >= 0.3 is 0 Å². The molecule has 1 unspecified atom stereocenters. The number of aliphatic hydroxyl groups is 1. The lowest BCUT2D eigenvalue weighted by atomic mass is 9.91. The fourth-order valence-electron chi connectivity index (χ4n) is 3.84. The van der Waals surface area contributed by atoms with E-state index in [1.807, 2.05) is 0 Å². The molecule has 0 spiro atoms. The summed E-state index contributed by atoms with van der Waals surface area (Å²) in [5.41, 5.74) is 0.733. The molecular formula is C20H31NO4. The third kappa shape index (κ3) is 4.66. The molecule has 25 heavy (non-hydrogen) atoms. The van der Waals surface area contributed by atoms with Crippen LogP contribution in [-0.4, -0.2) is 62.0 Å². The van der Waals surface area contributed by atoms with Crippen LogP contribution in [-0.2, 0) is 11.2 Å². The smallest absolute Gasteiger partial charge is 0.160 e. The molecule has 1 aliphatic heterocycles. The van der Waals surface area contributed by atoms with E-state index < -0.39 is 20.2 Å². The van der Waals surface area contributed by atoms with Crippen molar-refractivity contribution in [2.24, 2.45) is 0 Å². The van der Waals surface area contributed by atoms with Crippen LogP contribution in [0.1, 0.15) is 47.3 Å². The van der Waals surface area contributed by atoms with Crippen LogP contribution < -0.4 is 9.47 Å². The molecule has 0 radical (unpaired) electrons. The Morgan fingerprint density at radius 2 is 2.04 bits per heavy atom. The SMILES string of the molecule is [2H]C1(O)CCN([C@@H]2CCCC[C@H]2OCCc2ccc(OC([2H])([2H])[2H])c(OC([2H])([2H])[2H])c2)C1. The van der Waals surface area contributed by atoms with Crippen LogP contribution in [0.3, 0.4) is 0 Å². The number of hydrogen-bond acceptors (Lipinski definition) is 5.